The molecule has 1 aliphatic carbocycles. The number of carbonyl (C=O) groups excluding carboxylic acids is 1. The van der Waals surface area contributed by atoms with Gasteiger partial charge in [0.1, 0.15) is 0 Å². The summed E-state index contributed by atoms with van der Waals surface area (Å²) in [6.07, 6.45) is 0. The van der Waals surface area contributed by atoms with Crippen molar-refractivity contribution in [2.45, 2.75) is 19.3 Å². The van der Waals surface area contributed by atoms with Crippen molar-refractivity contribution in [3.63, 3.8) is 0 Å². The van der Waals surface area contributed by atoms with E-state index in [1.807, 2.05) is 24.3 Å². The second-order valence-electron chi connectivity index (χ2n) is 8.21. The normalized spacial score (nSPS) is 13.4. The van der Waals surface area contributed by atoms with Crippen molar-refractivity contribution in [1.29, 1.82) is 0 Å². The molecule has 154 valence electrons. The summed E-state index contributed by atoms with van der Waals surface area (Å²) in [6, 6.07) is 27.1. The summed E-state index contributed by atoms with van der Waals surface area (Å²) in [6.45, 7) is 4.42. The molecular formula is C26H23N3OS. The Hall–Kier alpha value is -3.41. The van der Waals surface area contributed by atoms with Crippen LogP contribution in [0.4, 0.5) is 16.4 Å². The van der Waals surface area contributed by atoms with Gasteiger partial charge in [0.05, 0.1) is 5.00 Å². The third-order valence-corrected chi connectivity index (χ3v) is 6.91. The maximum absolute atomic E-state index is 12.1. The van der Waals surface area contributed by atoms with Gasteiger partial charge in [-0.25, -0.2) is 5.84 Å². The smallest absolute Gasteiger partial charge is 0.265 e. The summed E-state index contributed by atoms with van der Waals surface area (Å²) in [5.74, 6) is 5.08. The van der Waals surface area contributed by atoms with Crippen molar-refractivity contribution in [3.8, 4) is 11.1 Å². The van der Waals surface area contributed by atoms with Crippen LogP contribution in [0.25, 0.3) is 11.1 Å². The zero-order valence-electron chi connectivity index (χ0n) is 17.4. The minimum Gasteiger partial charge on any atom is -0.302 e. The van der Waals surface area contributed by atoms with Crippen LogP contribution >= 0.6 is 11.3 Å². The summed E-state index contributed by atoms with van der Waals surface area (Å²) in [5, 5.41) is 3.27. The monoisotopic (exact) mass is 425 g/mol. The van der Waals surface area contributed by atoms with Gasteiger partial charge in [-0.1, -0.05) is 44.2 Å². The van der Waals surface area contributed by atoms with Crippen molar-refractivity contribution in [2.24, 2.45) is 5.84 Å². The summed E-state index contributed by atoms with van der Waals surface area (Å²) in [4.78, 5) is 14.4. The summed E-state index contributed by atoms with van der Waals surface area (Å²) in [7, 11) is 0. The highest BCUT2D eigenvalue weighted by molar-refractivity contribution is 7.14. The van der Waals surface area contributed by atoms with Gasteiger partial charge in [0.2, 0.25) is 0 Å². The first kappa shape index (κ1) is 19.5. The minimum absolute atomic E-state index is 0.233. The Labute approximate surface area is 185 Å². The summed E-state index contributed by atoms with van der Waals surface area (Å²) < 4.78 is 0. The molecule has 5 heteroatoms. The number of anilines is 3. The number of para-hydroxylation sites is 1. The predicted molar refractivity (Wildman–Crippen MR) is 128 cm³/mol. The highest BCUT2D eigenvalue weighted by Crippen LogP contribution is 2.51. The Bertz CT molecular complexity index is 1260. The Morgan fingerprint density at radius 2 is 1.58 bits per heavy atom. The van der Waals surface area contributed by atoms with Crippen LogP contribution < -0.4 is 16.2 Å². The number of benzene rings is 3. The number of hydrogen-bond acceptors (Lipinski definition) is 4. The molecule has 0 radical (unpaired) electrons. The Balaban J connectivity index is 1.65. The number of thiophene rings is 1. The Morgan fingerprint density at radius 3 is 2.26 bits per heavy atom. The van der Waals surface area contributed by atoms with Crippen LogP contribution in [-0.2, 0) is 5.41 Å². The van der Waals surface area contributed by atoms with Crippen molar-refractivity contribution in [3.05, 3.63) is 101 Å². The van der Waals surface area contributed by atoms with E-state index in [1.165, 1.54) is 21.7 Å². The molecule has 4 aromatic rings. The molecule has 0 saturated heterocycles. The van der Waals surface area contributed by atoms with E-state index in [0.29, 0.717) is 5.56 Å². The highest BCUT2D eigenvalue weighted by Gasteiger charge is 2.36. The SMILES string of the molecule is CC1(C)c2cc(C(=O)NN)ccc2-c2ccc(N(c3ccccc3)c3cccs3)cc21. The molecule has 31 heavy (non-hydrogen) atoms. The first-order valence-corrected chi connectivity index (χ1v) is 11.1. The molecule has 1 aromatic heterocycles. The molecule has 5 rings (SSSR count). The maximum Gasteiger partial charge on any atom is 0.265 e. The quantitative estimate of drug-likeness (QED) is 0.235. The lowest BCUT2D eigenvalue weighted by molar-refractivity contribution is 0.0953. The van der Waals surface area contributed by atoms with Crippen LogP contribution in [0.2, 0.25) is 0 Å². The van der Waals surface area contributed by atoms with Gasteiger partial charge in [-0.3, -0.25) is 10.2 Å². The standard InChI is InChI=1S/C26H23N3OS/c1-26(2)22-15-17(25(30)28-27)10-12-20(22)21-13-11-19(16-23(21)26)29(24-9-6-14-31-24)18-7-4-3-5-8-18/h3-16H,27H2,1-2H3,(H,28,30). The van der Waals surface area contributed by atoms with E-state index in [0.717, 1.165) is 16.9 Å². The van der Waals surface area contributed by atoms with E-state index < -0.39 is 0 Å². The Morgan fingerprint density at radius 1 is 0.871 bits per heavy atom. The van der Waals surface area contributed by atoms with Crippen LogP contribution in [-0.4, -0.2) is 5.91 Å². The number of carbonyl (C=O) groups is 1. The molecule has 3 N–H and O–H groups in total. The molecule has 4 nitrogen and oxygen atoms in total. The van der Waals surface area contributed by atoms with Crippen LogP contribution in [0.3, 0.4) is 0 Å². The topological polar surface area (TPSA) is 58.4 Å². The molecule has 0 unspecified atom stereocenters. The van der Waals surface area contributed by atoms with E-state index >= 15 is 0 Å². The summed E-state index contributed by atoms with van der Waals surface area (Å²) in [5.41, 5.74) is 9.60. The van der Waals surface area contributed by atoms with Crippen LogP contribution in [0.1, 0.15) is 35.3 Å². The molecule has 1 heterocycles. The number of fused-ring (bicyclic) bond motifs is 3. The third-order valence-electron chi connectivity index (χ3n) is 6.05. The number of hydrazine groups is 1. The van der Waals surface area contributed by atoms with Crippen molar-refractivity contribution >= 4 is 33.6 Å². The lowest BCUT2D eigenvalue weighted by atomic mass is 9.81. The van der Waals surface area contributed by atoms with Crippen molar-refractivity contribution < 1.29 is 4.79 Å². The second kappa shape index (κ2) is 7.38. The number of nitrogens with one attached hydrogen (secondary N) is 1. The maximum atomic E-state index is 12.1. The van der Waals surface area contributed by atoms with Crippen LogP contribution in [0.5, 0.6) is 0 Å². The highest BCUT2D eigenvalue weighted by atomic mass is 32.1. The molecule has 3 aromatic carbocycles. The van der Waals surface area contributed by atoms with Gasteiger partial charge < -0.3 is 4.90 Å². The van der Waals surface area contributed by atoms with E-state index in [4.69, 9.17) is 5.84 Å². The van der Waals surface area contributed by atoms with E-state index in [9.17, 15) is 4.79 Å². The average Bonchev–Trinajstić information content (AvgIpc) is 3.40. The lowest BCUT2D eigenvalue weighted by Crippen LogP contribution is -2.30. The van der Waals surface area contributed by atoms with Gasteiger partial charge in [-0.05, 0) is 76.2 Å². The van der Waals surface area contributed by atoms with E-state index in [1.54, 1.807) is 11.3 Å². The first-order chi connectivity index (χ1) is 15.0. The number of nitrogens with two attached hydrogens (primary N) is 1. The third kappa shape index (κ3) is 3.14. The minimum atomic E-state index is -0.275. The summed E-state index contributed by atoms with van der Waals surface area (Å²) >= 11 is 1.72. The predicted octanol–water partition coefficient (Wildman–Crippen LogP) is 6.13. The fourth-order valence-electron chi connectivity index (χ4n) is 4.47. The van der Waals surface area contributed by atoms with Crippen molar-refractivity contribution in [2.75, 3.05) is 4.90 Å². The molecule has 0 aliphatic heterocycles. The number of hydrogen-bond donors (Lipinski definition) is 2. The number of nitrogens with zero attached hydrogens (tertiary/aromatic N) is 1. The van der Waals surface area contributed by atoms with Gasteiger partial charge in [0, 0.05) is 22.4 Å². The Kier molecular flexibility index (Phi) is 4.65. The lowest BCUT2D eigenvalue weighted by Gasteiger charge is -2.27. The largest absolute Gasteiger partial charge is 0.302 e. The van der Waals surface area contributed by atoms with Gasteiger partial charge >= 0.3 is 0 Å². The molecule has 0 saturated carbocycles. The zero-order valence-corrected chi connectivity index (χ0v) is 18.2. The fourth-order valence-corrected chi connectivity index (χ4v) is 5.24. The molecule has 0 atom stereocenters. The van der Waals surface area contributed by atoms with Crippen molar-refractivity contribution in [1.82, 2.24) is 5.43 Å². The molecule has 0 fully saturated rings. The molecule has 1 amide bonds. The molecule has 1 aliphatic rings. The number of rotatable bonds is 4. The van der Waals surface area contributed by atoms with E-state index in [2.05, 4.69) is 84.2 Å². The molecule has 0 bridgehead atoms. The van der Waals surface area contributed by atoms with E-state index in [-0.39, 0.29) is 11.3 Å². The first-order valence-electron chi connectivity index (χ1n) is 10.2. The number of nitrogen functional groups attached to an aromatic ring is 1. The van der Waals surface area contributed by atoms with Gasteiger partial charge in [-0.2, -0.15) is 0 Å². The molecular weight excluding hydrogens is 402 g/mol. The fraction of sp³-hybridized carbons (Fsp3) is 0.115. The van der Waals surface area contributed by atoms with Gasteiger partial charge in [0.25, 0.3) is 5.91 Å². The number of amides is 1. The molecule has 0 spiro atoms. The van der Waals surface area contributed by atoms with Crippen LogP contribution in [0, 0.1) is 0 Å². The zero-order chi connectivity index (χ0) is 21.6. The average molecular weight is 426 g/mol. The second-order valence-corrected chi connectivity index (χ2v) is 9.14. The van der Waals surface area contributed by atoms with Gasteiger partial charge in [-0.15, -0.1) is 11.3 Å². The van der Waals surface area contributed by atoms with Gasteiger partial charge in [0.15, 0.2) is 0 Å². The van der Waals surface area contributed by atoms with Crippen LogP contribution in [0.15, 0.2) is 84.2 Å².